The van der Waals surface area contributed by atoms with Crippen molar-refractivity contribution < 1.29 is 14.2 Å². The molecule has 0 spiro atoms. The normalized spacial score (nSPS) is 14.9. The predicted octanol–water partition coefficient (Wildman–Crippen LogP) is 4.06. The lowest BCUT2D eigenvalue weighted by Gasteiger charge is -2.26. The number of hydrogen-bond donors (Lipinski definition) is 2. The summed E-state index contributed by atoms with van der Waals surface area (Å²) >= 11 is 0. The van der Waals surface area contributed by atoms with Gasteiger partial charge in [0.1, 0.15) is 11.5 Å². The van der Waals surface area contributed by atoms with Crippen molar-refractivity contribution in [2.45, 2.75) is 32.1 Å². The van der Waals surface area contributed by atoms with Crippen molar-refractivity contribution in [2.75, 3.05) is 54.6 Å². The number of nitrogens with zero attached hydrogens (tertiary/aromatic N) is 2. The fourth-order valence-corrected chi connectivity index (χ4v) is 4.04. The van der Waals surface area contributed by atoms with Crippen LogP contribution in [0, 0.1) is 5.92 Å². The maximum absolute atomic E-state index is 5.51. The van der Waals surface area contributed by atoms with Crippen LogP contribution in [0.4, 0.5) is 0 Å². The summed E-state index contributed by atoms with van der Waals surface area (Å²) in [5.74, 6) is 3.36. The minimum Gasteiger partial charge on any atom is -0.497 e. The van der Waals surface area contributed by atoms with Gasteiger partial charge in [0.15, 0.2) is 5.96 Å². The standard InChI is InChI=1S/C23H36N4O3.HI/c1-24-23(27(2)11-7-17-8-12-30-13-9-17)25-10-5-6-18-14-20-21(26-18)15-19(28-3)16-22(20)29-4;/h14-17,26H,5-13H2,1-4H3,(H,24,25);1H. The molecule has 3 rings (SSSR count). The van der Waals surface area contributed by atoms with E-state index in [1.54, 1.807) is 14.2 Å². The molecule has 1 aliphatic rings. The summed E-state index contributed by atoms with van der Waals surface area (Å²) in [5, 5.41) is 4.58. The first-order valence-corrected chi connectivity index (χ1v) is 10.9. The number of aromatic nitrogens is 1. The molecule has 1 aliphatic heterocycles. The van der Waals surface area contributed by atoms with Gasteiger partial charge >= 0.3 is 0 Å². The number of aliphatic imine (C=N–C) groups is 1. The SMILES string of the molecule is CN=C(NCCCc1cc2c(OC)cc(OC)cc2[nH]1)N(C)CCC1CCOCC1.I. The van der Waals surface area contributed by atoms with E-state index in [-0.39, 0.29) is 24.0 Å². The molecular formula is C23H37IN4O3. The highest BCUT2D eigenvalue weighted by atomic mass is 127. The van der Waals surface area contributed by atoms with Crippen LogP contribution in [0.3, 0.4) is 0 Å². The Morgan fingerprint density at radius 1 is 1.23 bits per heavy atom. The number of benzene rings is 1. The quantitative estimate of drug-likeness (QED) is 0.216. The lowest BCUT2D eigenvalue weighted by Crippen LogP contribution is -2.40. The maximum Gasteiger partial charge on any atom is 0.193 e. The summed E-state index contributed by atoms with van der Waals surface area (Å²) in [4.78, 5) is 10.2. The van der Waals surface area contributed by atoms with Crippen LogP contribution in [0.5, 0.6) is 11.5 Å². The predicted molar refractivity (Wildman–Crippen MR) is 137 cm³/mol. The number of H-pyrrole nitrogens is 1. The molecular weight excluding hydrogens is 507 g/mol. The van der Waals surface area contributed by atoms with Gasteiger partial charge in [-0.25, -0.2) is 0 Å². The molecule has 0 aliphatic carbocycles. The van der Waals surface area contributed by atoms with Crippen molar-refractivity contribution in [1.82, 2.24) is 15.2 Å². The van der Waals surface area contributed by atoms with Crippen LogP contribution in [0.1, 0.15) is 31.4 Å². The van der Waals surface area contributed by atoms with Crippen LogP contribution in [0.2, 0.25) is 0 Å². The van der Waals surface area contributed by atoms with Gasteiger partial charge in [0.25, 0.3) is 0 Å². The molecule has 8 heteroatoms. The number of hydrogen-bond acceptors (Lipinski definition) is 4. The first kappa shape index (κ1) is 25.6. The van der Waals surface area contributed by atoms with Crippen molar-refractivity contribution in [3.8, 4) is 11.5 Å². The summed E-state index contributed by atoms with van der Waals surface area (Å²) in [7, 11) is 7.33. The molecule has 2 N–H and O–H groups in total. The molecule has 0 bridgehead atoms. The minimum atomic E-state index is 0. The van der Waals surface area contributed by atoms with Crippen LogP contribution in [-0.2, 0) is 11.2 Å². The van der Waals surface area contributed by atoms with E-state index in [0.717, 1.165) is 73.4 Å². The Morgan fingerprint density at radius 3 is 2.68 bits per heavy atom. The fourth-order valence-electron chi connectivity index (χ4n) is 4.04. The minimum absolute atomic E-state index is 0. The molecule has 1 fully saturated rings. The van der Waals surface area contributed by atoms with E-state index in [9.17, 15) is 0 Å². The van der Waals surface area contributed by atoms with Gasteiger partial charge in [-0.2, -0.15) is 0 Å². The molecule has 0 unspecified atom stereocenters. The molecule has 1 aromatic carbocycles. The highest BCUT2D eigenvalue weighted by molar-refractivity contribution is 14.0. The summed E-state index contributed by atoms with van der Waals surface area (Å²) in [6.07, 6.45) is 5.53. The third kappa shape index (κ3) is 7.17. The second kappa shape index (κ2) is 13.0. The van der Waals surface area contributed by atoms with E-state index in [1.165, 1.54) is 25.0 Å². The monoisotopic (exact) mass is 544 g/mol. The zero-order chi connectivity index (χ0) is 21.3. The summed E-state index contributed by atoms with van der Waals surface area (Å²) in [6, 6.07) is 6.10. The highest BCUT2D eigenvalue weighted by Crippen LogP contribution is 2.31. The zero-order valence-corrected chi connectivity index (χ0v) is 21.5. The Bertz CT molecular complexity index is 834. The summed E-state index contributed by atoms with van der Waals surface area (Å²) in [6.45, 7) is 3.72. The molecule has 31 heavy (non-hydrogen) atoms. The second-order valence-corrected chi connectivity index (χ2v) is 7.93. The van der Waals surface area contributed by atoms with Crippen molar-refractivity contribution in [3.63, 3.8) is 0 Å². The number of guanidine groups is 1. The number of halogens is 1. The van der Waals surface area contributed by atoms with Crippen LogP contribution in [0.25, 0.3) is 10.9 Å². The Morgan fingerprint density at radius 2 is 2.00 bits per heavy atom. The number of methoxy groups -OCH3 is 2. The van der Waals surface area contributed by atoms with Gasteiger partial charge in [-0.1, -0.05) is 0 Å². The van der Waals surface area contributed by atoms with Crippen LogP contribution >= 0.6 is 24.0 Å². The Kier molecular flexibility index (Phi) is 10.7. The first-order chi connectivity index (χ1) is 14.6. The lowest BCUT2D eigenvalue weighted by atomic mass is 9.96. The van der Waals surface area contributed by atoms with Gasteiger partial charge in [-0.15, -0.1) is 24.0 Å². The number of aryl methyl sites for hydroxylation is 1. The second-order valence-electron chi connectivity index (χ2n) is 7.93. The summed E-state index contributed by atoms with van der Waals surface area (Å²) < 4.78 is 16.3. The lowest BCUT2D eigenvalue weighted by molar-refractivity contribution is 0.0625. The van der Waals surface area contributed by atoms with Gasteiger partial charge in [0.2, 0.25) is 0 Å². The maximum atomic E-state index is 5.51. The molecule has 0 amide bonds. The van der Waals surface area contributed by atoms with E-state index in [2.05, 4.69) is 33.3 Å². The van der Waals surface area contributed by atoms with Gasteiger partial charge in [-0.3, -0.25) is 4.99 Å². The largest absolute Gasteiger partial charge is 0.497 e. The molecule has 1 aromatic heterocycles. The Labute approximate surface area is 202 Å². The van der Waals surface area contributed by atoms with Crippen molar-refractivity contribution in [3.05, 3.63) is 23.9 Å². The molecule has 7 nitrogen and oxygen atoms in total. The van der Waals surface area contributed by atoms with Gasteiger partial charge in [0.05, 0.1) is 19.7 Å². The topological polar surface area (TPSA) is 71.1 Å². The molecule has 174 valence electrons. The highest BCUT2D eigenvalue weighted by Gasteiger charge is 2.15. The van der Waals surface area contributed by atoms with Gasteiger partial charge in [-0.05, 0) is 44.1 Å². The van der Waals surface area contributed by atoms with Crippen LogP contribution in [0.15, 0.2) is 23.2 Å². The molecule has 1 saturated heterocycles. The molecule has 2 aromatic rings. The van der Waals surface area contributed by atoms with E-state index < -0.39 is 0 Å². The van der Waals surface area contributed by atoms with E-state index >= 15 is 0 Å². The third-order valence-corrected chi connectivity index (χ3v) is 5.88. The number of nitrogens with one attached hydrogen (secondary N) is 2. The molecule has 0 radical (unpaired) electrons. The van der Waals surface area contributed by atoms with E-state index in [1.807, 2.05) is 19.2 Å². The molecule has 0 saturated carbocycles. The summed E-state index contributed by atoms with van der Waals surface area (Å²) in [5.41, 5.74) is 2.24. The smallest absolute Gasteiger partial charge is 0.193 e. The number of ether oxygens (including phenoxy) is 3. The van der Waals surface area contributed by atoms with Crippen LogP contribution < -0.4 is 14.8 Å². The van der Waals surface area contributed by atoms with Crippen molar-refractivity contribution in [1.29, 1.82) is 0 Å². The molecule has 0 atom stereocenters. The van der Waals surface area contributed by atoms with E-state index in [4.69, 9.17) is 14.2 Å². The average Bonchev–Trinajstić information content (AvgIpc) is 3.20. The van der Waals surface area contributed by atoms with E-state index in [0.29, 0.717) is 0 Å². The number of aromatic amines is 1. The Balaban J connectivity index is 0.00000341. The molecule has 2 heterocycles. The van der Waals surface area contributed by atoms with Gasteiger partial charge < -0.3 is 29.4 Å². The van der Waals surface area contributed by atoms with Gasteiger partial charge in [0, 0.05) is 63.6 Å². The average molecular weight is 544 g/mol. The first-order valence-electron chi connectivity index (χ1n) is 10.9. The fraction of sp³-hybridized carbons (Fsp3) is 0.609. The number of rotatable bonds is 9. The third-order valence-electron chi connectivity index (χ3n) is 5.88. The van der Waals surface area contributed by atoms with Crippen molar-refractivity contribution >= 4 is 40.8 Å². The zero-order valence-electron chi connectivity index (χ0n) is 19.2. The number of fused-ring (bicyclic) bond motifs is 1. The van der Waals surface area contributed by atoms with Crippen molar-refractivity contribution in [2.24, 2.45) is 10.9 Å². The Hall–Kier alpha value is -1.68. The van der Waals surface area contributed by atoms with Crippen LogP contribution in [-0.4, -0.2) is 70.5 Å².